The summed E-state index contributed by atoms with van der Waals surface area (Å²) < 4.78 is 10.3. The van der Waals surface area contributed by atoms with E-state index < -0.39 is 5.97 Å². The van der Waals surface area contributed by atoms with Gasteiger partial charge in [-0.1, -0.05) is 6.92 Å². The molecule has 134 valence electrons. The zero-order valence-corrected chi connectivity index (χ0v) is 14.7. The SMILES string of the molecule is CC1CCC(N(C)C(=O)COC(=O)COc2ccc(C#N)cc2)CC1. The van der Waals surface area contributed by atoms with E-state index >= 15 is 0 Å². The molecular formula is C19H24N2O4. The maximum absolute atomic E-state index is 12.2. The molecule has 0 spiro atoms. The van der Waals surface area contributed by atoms with Crippen molar-refractivity contribution < 1.29 is 19.1 Å². The van der Waals surface area contributed by atoms with Crippen LogP contribution in [0, 0.1) is 17.2 Å². The lowest BCUT2D eigenvalue weighted by atomic mass is 9.87. The van der Waals surface area contributed by atoms with Crippen LogP contribution < -0.4 is 4.74 Å². The molecule has 0 bridgehead atoms. The van der Waals surface area contributed by atoms with Crippen molar-refractivity contribution in [1.29, 1.82) is 5.26 Å². The van der Waals surface area contributed by atoms with Crippen LogP contribution in [0.1, 0.15) is 38.2 Å². The predicted molar refractivity (Wildman–Crippen MR) is 91.8 cm³/mol. The maximum atomic E-state index is 12.2. The van der Waals surface area contributed by atoms with E-state index in [2.05, 4.69) is 6.92 Å². The zero-order chi connectivity index (χ0) is 18.2. The van der Waals surface area contributed by atoms with E-state index in [-0.39, 0.29) is 25.2 Å². The summed E-state index contributed by atoms with van der Waals surface area (Å²) in [5.41, 5.74) is 0.515. The molecule has 1 aliphatic carbocycles. The summed E-state index contributed by atoms with van der Waals surface area (Å²) in [6, 6.07) is 8.65. The van der Waals surface area contributed by atoms with Gasteiger partial charge in [0.05, 0.1) is 11.6 Å². The minimum atomic E-state index is -0.594. The molecule has 0 unspecified atom stereocenters. The van der Waals surface area contributed by atoms with Gasteiger partial charge in [0.1, 0.15) is 5.75 Å². The van der Waals surface area contributed by atoms with Gasteiger partial charge in [0.15, 0.2) is 13.2 Å². The van der Waals surface area contributed by atoms with Crippen LogP contribution in [0.2, 0.25) is 0 Å². The van der Waals surface area contributed by atoms with Crippen molar-refractivity contribution in [2.45, 2.75) is 38.6 Å². The molecule has 0 aliphatic heterocycles. The lowest BCUT2D eigenvalue weighted by Crippen LogP contribution is -2.41. The van der Waals surface area contributed by atoms with Crippen molar-refractivity contribution in [3.63, 3.8) is 0 Å². The van der Waals surface area contributed by atoms with E-state index in [1.165, 1.54) is 0 Å². The second kappa shape index (κ2) is 9.07. The van der Waals surface area contributed by atoms with Gasteiger partial charge in [0, 0.05) is 13.1 Å². The molecule has 25 heavy (non-hydrogen) atoms. The fourth-order valence-electron chi connectivity index (χ4n) is 2.89. The van der Waals surface area contributed by atoms with Gasteiger partial charge in [0.25, 0.3) is 5.91 Å². The van der Waals surface area contributed by atoms with Crippen LogP contribution in [0.3, 0.4) is 0 Å². The summed E-state index contributed by atoms with van der Waals surface area (Å²) in [6.45, 7) is 1.69. The third-order valence-electron chi connectivity index (χ3n) is 4.62. The Labute approximate surface area is 148 Å². The topological polar surface area (TPSA) is 79.6 Å². The summed E-state index contributed by atoms with van der Waals surface area (Å²) in [7, 11) is 1.77. The molecule has 0 atom stereocenters. The number of rotatable bonds is 6. The first-order valence-corrected chi connectivity index (χ1v) is 8.54. The molecule has 0 saturated heterocycles. The molecule has 1 saturated carbocycles. The summed E-state index contributed by atoms with van der Waals surface area (Å²) in [6.07, 6.45) is 4.25. The Morgan fingerprint density at radius 1 is 1.16 bits per heavy atom. The third kappa shape index (κ3) is 5.79. The fraction of sp³-hybridized carbons (Fsp3) is 0.526. The number of nitriles is 1. The van der Waals surface area contributed by atoms with Crippen LogP contribution in [0.25, 0.3) is 0 Å². The Morgan fingerprint density at radius 2 is 1.80 bits per heavy atom. The lowest BCUT2D eigenvalue weighted by molar-refractivity contribution is -0.154. The number of carbonyl (C=O) groups excluding carboxylic acids is 2. The first-order chi connectivity index (χ1) is 12.0. The van der Waals surface area contributed by atoms with Crippen molar-refractivity contribution in [2.75, 3.05) is 20.3 Å². The molecule has 1 amide bonds. The molecule has 2 rings (SSSR count). The average Bonchev–Trinajstić information content (AvgIpc) is 2.64. The highest BCUT2D eigenvalue weighted by Crippen LogP contribution is 2.26. The number of benzene rings is 1. The number of amides is 1. The molecule has 1 fully saturated rings. The largest absolute Gasteiger partial charge is 0.482 e. The van der Waals surface area contributed by atoms with Gasteiger partial charge in [-0.3, -0.25) is 4.79 Å². The third-order valence-corrected chi connectivity index (χ3v) is 4.62. The number of hydrogen-bond acceptors (Lipinski definition) is 5. The highest BCUT2D eigenvalue weighted by atomic mass is 16.6. The average molecular weight is 344 g/mol. The molecule has 6 heteroatoms. The van der Waals surface area contributed by atoms with Gasteiger partial charge in [-0.05, 0) is 55.9 Å². The predicted octanol–water partition coefficient (Wildman–Crippen LogP) is 2.52. The van der Waals surface area contributed by atoms with E-state index in [4.69, 9.17) is 14.7 Å². The Bertz CT molecular complexity index is 628. The van der Waals surface area contributed by atoms with Gasteiger partial charge in [-0.25, -0.2) is 4.79 Å². The maximum Gasteiger partial charge on any atom is 0.344 e. The van der Waals surface area contributed by atoms with E-state index in [1.807, 2.05) is 6.07 Å². The second-order valence-electron chi connectivity index (χ2n) is 6.50. The van der Waals surface area contributed by atoms with Crippen molar-refractivity contribution >= 4 is 11.9 Å². The molecule has 1 aromatic rings. The fourth-order valence-corrected chi connectivity index (χ4v) is 2.89. The molecule has 0 aromatic heterocycles. The van der Waals surface area contributed by atoms with Crippen LogP contribution in [0.15, 0.2) is 24.3 Å². The molecule has 1 aliphatic rings. The number of hydrogen-bond donors (Lipinski definition) is 0. The molecule has 6 nitrogen and oxygen atoms in total. The van der Waals surface area contributed by atoms with E-state index in [0.717, 1.165) is 31.6 Å². The normalized spacial score (nSPS) is 19.6. The molecule has 0 radical (unpaired) electrons. The summed E-state index contributed by atoms with van der Waals surface area (Å²) in [5, 5.41) is 8.72. The number of esters is 1. The minimum absolute atomic E-state index is 0.189. The van der Waals surface area contributed by atoms with Gasteiger partial charge in [-0.15, -0.1) is 0 Å². The highest BCUT2D eigenvalue weighted by molar-refractivity contribution is 5.81. The monoisotopic (exact) mass is 344 g/mol. The molecular weight excluding hydrogens is 320 g/mol. The van der Waals surface area contributed by atoms with Gasteiger partial charge >= 0.3 is 5.97 Å². The summed E-state index contributed by atoms with van der Waals surface area (Å²) >= 11 is 0. The molecule has 0 N–H and O–H groups in total. The Hall–Kier alpha value is -2.55. The molecule has 1 aromatic carbocycles. The van der Waals surface area contributed by atoms with Crippen LogP contribution in [-0.2, 0) is 14.3 Å². The Balaban J connectivity index is 1.69. The van der Waals surface area contributed by atoms with Gasteiger partial charge in [-0.2, -0.15) is 5.26 Å². The van der Waals surface area contributed by atoms with Crippen LogP contribution in [0.5, 0.6) is 5.75 Å². The minimum Gasteiger partial charge on any atom is -0.482 e. The molecule has 0 heterocycles. The Kier molecular flexibility index (Phi) is 6.81. The van der Waals surface area contributed by atoms with E-state index in [1.54, 1.807) is 36.2 Å². The first kappa shape index (κ1) is 18.8. The van der Waals surface area contributed by atoms with Crippen molar-refractivity contribution in [1.82, 2.24) is 4.90 Å². The first-order valence-electron chi connectivity index (χ1n) is 8.54. The number of likely N-dealkylation sites (N-methyl/N-ethyl adjacent to an activating group) is 1. The lowest BCUT2D eigenvalue weighted by Gasteiger charge is -2.33. The Morgan fingerprint density at radius 3 is 2.40 bits per heavy atom. The van der Waals surface area contributed by atoms with Crippen LogP contribution in [-0.4, -0.2) is 43.1 Å². The highest BCUT2D eigenvalue weighted by Gasteiger charge is 2.25. The summed E-state index contributed by atoms with van der Waals surface area (Å²) in [5.74, 6) is 0.405. The van der Waals surface area contributed by atoms with Crippen molar-refractivity contribution in [3.05, 3.63) is 29.8 Å². The van der Waals surface area contributed by atoms with Crippen molar-refractivity contribution in [2.24, 2.45) is 5.92 Å². The van der Waals surface area contributed by atoms with Crippen LogP contribution >= 0.6 is 0 Å². The number of carbonyl (C=O) groups is 2. The zero-order valence-electron chi connectivity index (χ0n) is 14.7. The van der Waals surface area contributed by atoms with Crippen molar-refractivity contribution in [3.8, 4) is 11.8 Å². The van der Waals surface area contributed by atoms with E-state index in [9.17, 15) is 9.59 Å². The second-order valence-corrected chi connectivity index (χ2v) is 6.50. The van der Waals surface area contributed by atoms with Gasteiger partial charge < -0.3 is 14.4 Å². The number of nitrogens with zero attached hydrogens (tertiary/aromatic N) is 2. The quantitative estimate of drug-likeness (QED) is 0.741. The standard InChI is InChI=1S/C19H24N2O4/c1-14-3-7-16(8-4-14)21(2)18(22)12-25-19(23)13-24-17-9-5-15(11-20)6-10-17/h5-6,9-10,14,16H,3-4,7-8,12-13H2,1-2H3. The van der Waals surface area contributed by atoms with Gasteiger partial charge in [0.2, 0.25) is 0 Å². The number of ether oxygens (including phenoxy) is 2. The summed E-state index contributed by atoms with van der Waals surface area (Å²) in [4.78, 5) is 25.6. The van der Waals surface area contributed by atoms with E-state index in [0.29, 0.717) is 11.3 Å². The van der Waals surface area contributed by atoms with Crippen LogP contribution in [0.4, 0.5) is 0 Å². The smallest absolute Gasteiger partial charge is 0.344 e.